The second-order valence-electron chi connectivity index (χ2n) is 1.13. The number of aliphatic hydroxyl groups excluding tert-OH is 1. The highest BCUT2D eigenvalue weighted by molar-refractivity contribution is 7.97. The molecule has 0 spiro atoms. The molecule has 0 aliphatic heterocycles. The van der Waals surface area contributed by atoms with Gasteiger partial charge in [0.2, 0.25) is 0 Å². The number of nitrogens with one attached hydrogen (secondary N) is 1. The van der Waals surface area contributed by atoms with Crippen LogP contribution in [0.15, 0.2) is 0 Å². The standard InChI is InChI=1S/C4H11NOS/c1-5-7-4-2-3-6/h5-6H,2-4H2,1H3. The van der Waals surface area contributed by atoms with Crippen LogP contribution < -0.4 is 4.72 Å². The van der Waals surface area contributed by atoms with Gasteiger partial charge in [0.05, 0.1) is 0 Å². The highest BCUT2D eigenvalue weighted by Crippen LogP contribution is 1.91. The third-order valence-corrected chi connectivity index (χ3v) is 1.33. The molecule has 0 rings (SSSR count). The van der Waals surface area contributed by atoms with Gasteiger partial charge in [-0.15, -0.1) is 0 Å². The van der Waals surface area contributed by atoms with Crippen LogP contribution in [0.25, 0.3) is 0 Å². The Morgan fingerprint density at radius 2 is 2.43 bits per heavy atom. The van der Waals surface area contributed by atoms with Gasteiger partial charge in [0.1, 0.15) is 0 Å². The largest absolute Gasteiger partial charge is 0.396 e. The monoisotopic (exact) mass is 121 g/mol. The minimum atomic E-state index is 0.300. The van der Waals surface area contributed by atoms with E-state index < -0.39 is 0 Å². The van der Waals surface area contributed by atoms with E-state index in [9.17, 15) is 0 Å². The van der Waals surface area contributed by atoms with E-state index in [-0.39, 0.29) is 0 Å². The van der Waals surface area contributed by atoms with Crippen molar-refractivity contribution in [3.8, 4) is 0 Å². The van der Waals surface area contributed by atoms with E-state index in [1.54, 1.807) is 11.9 Å². The van der Waals surface area contributed by atoms with Crippen molar-refractivity contribution in [1.29, 1.82) is 0 Å². The zero-order chi connectivity index (χ0) is 5.54. The summed E-state index contributed by atoms with van der Waals surface area (Å²) in [5, 5.41) is 8.25. The molecule has 7 heavy (non-hydrogen) atoms. The molecule has 0 atom stereocenters. The molecule has 0 heterocycles. The van der Waals surface area contributed by atoms with Crippen LogP contribution in [0.2, 0.25) is 0 Å². The molecule has 0 aromatic heterocycles. The van der Waals surface area contributed by atoms with Gasteiger partial charge in [-0.1, -0.05) is 11.9 Å². The van der Waals surface area contributed by atoms with Crippen LogP contribution in [0.4, 0.5) is 0 Å². The highest BCUT2D eigenvalue weighted by atomic mass is 32.2. The molecule has 0 saturated heterocycles. The Balaban J connectivity index is 2.45. The lowest BCUT2D eigenvalue weighted by molar-refractivity contribution is 0.296. The Labute approximate surface area is 48.4 Å². The van der Waals surface area contributed by atoms with E-state index in [2.05, 4.69) is 4.72 Å². The zero-order valence-corrected chi connectivity index (χ0v) is 5.29. The first-order chi connectivity index (χ1) is 3.41. The summed E-state index contributed by atoms with van der Waals surface area (Å²) < 4.78 is 2.91. The van der Waals surface area contributed by atoms with Crippen molar-refractivity contribution in [2.75, 3.05) is 19.4 Å². The number of rotatable bonds is 4. The molecule has 0 aliphatic carbocycles. The highest BCUT2D eigenvalue weighted by Gasteiger charge is 1.80. The zero-order valence-electron chi connectivity index (χ0n) is 4.48. The fourth-order valence-electron chi connectivity index (χ4n) is 0.239. The van der Waals surface area contributed by atoms with Gasteiger partial charge in [0.25, 0.3) is 0 Å². The van der Waals surface area contributed by atoms with Gasteiger partial charge in [-0.3, -0.25) is 4.72 Å². The first kappa shape index (κ1) is 7.27. The third kappa shape index (κ3) is 6.27. The van der Waals surface area contributed by atoms with Crippen LogP contribution in [0.3, 0.4) is 0 Å². The summed E-state index contributed by atoms with van der Waals surface area (Å²) in [6.45, 7) is 0.300. The van der Waals surface area contributed by atoms with E-state index in [0.717, 1.165) is 12.2 Å². The predicted octanol–water partition coefficient (Wildman–Crippen LogP) is 0.236. The van der Waals surface area contributed by atoms with Crippen LogP contribution in [-0.2, 0) is 0 Å². The quantitative estimate of drug-likeness (QED) is 0.412. The molecule has 0 aromatic carbocycles. The maximum absolute atomic E-state index is 8.25. The lowest BCUT2D eigenvalue weighted by Crippen LogP contribution is -1.95. The van der Waals surface area contributed by atoms with Crippen LogP contribution in [0, 0.1) is 0 Å². The molecule has 2 nitrogen and oxygen atoms in total. The van der Waals surface area contributed by atoms with E-state index >= 15 is 0 Å². The van der Waals surface area contributed by atoms with E-state index in [1.165, 1.54) is 0 Å². The average molecular weight is 121 g/mol. The first-order valence-corrected chi connectivity index (χ1v) is 3.29. The first-order valence-electron chi connectivity index (χ1n) is 2.31. The molecule has 44 valence electrons. The Morgan fingerprint density at radius 1 is 1.71 bits per heavy atom. The number of hydrogen-bond donors (Lipinski definition) is 2. The van der Waals surface area contributed by atoms with Crippen molar-refractivity contribution in [3.05, 3.63) is 0 Å². The van der Waals surface area contributed by atoms with Gasteiger partial charge in [0, 0.05) is 12.4 Å². The topological polar surface area (TPSA) is 32.3 Å². The molecule has 0 amide bonds. The van der Waals surface area contributed by atoms with Crippen molar-refractivity contribution in [2.45, 2.75) is 6.42 Å². The Morgan fingerprint density at radius 3 is 2.86 bits per heavy atom. The van der Waals surface area contributed by atoms with Crippen molar-refractivity contribution < 1.29 is 5.11 Å². The molecule has 0 aliphatic rings. The smallest absolute Gasteiger partial charge is 0.0439 e. The lowest BCUT2D eigenvalue weighted by atomic mass is 10.5. The maximum atomic E-state index is 8.25. The van der Waals surface area contributed by atoms with E-state index in [0.29, 0.717) is 6.61 Å². The van der Waals surface area contributed by atoms with Crippen LogP contribution >= 0.6 is 11.9 Å². The van der Waals surface area contributed by atoms with Gasteiger partial charge in [-0.05, 0) is 13.5 Å². The minimum absolute atomic E-state index is 0.300. The number of aliphatic hydroxyl groups is 1. The molecular weight excluding hydrogens is 110 g/mol. The second-order valence-corrected chi connectivity index (χ2v) is 2.23. The van der Waals surface area contributed by atoms with Gasteiger partial charge >= 0.3 is 0 Å². The minimum Gasteiger partial charge on any atom is -0.396 e. The molecule has 0 unspecified atom stereocenters. The van der Waals surface area contributed by atoms with E-state index in [4.69, 9.17) is 5.11 Å². The summed E-state index contributed by atoms with van der Waals surface area (Å²) >= 11 is 1.62. The summed E-state index contributed by atoms with van der Waals surface area (Å²) in [7, 11) is 1.88. The molecule has 0 aromatic rings. The SMILES string of the molecule is CNSCCCO. The van der Waals surface area contributed by atoms with Crippen molar-refractivity contribution in [3.63, 3.8) is 0 Å². The van der Waals surface area contributed by atoms with Crippen LogP contribution in [-0.4, -0.2) is 24.5 Å². The van der Waals surface area contributed by atoms with Crippen molar-refractivity contribution in [2.24, 2.45) is 0 Å². The molecule has 2 N–H and O–H groups in total. The molecule has 3 heteroatoms. The summed E-state index contributed by atoms with van der Waals surface area (Å²) in [6.07, 6.45) is 0.880. The third-order valence-electron chi connectivity index (χ3n) is 0.549. The van der Waals surface area contributed by atoms with Crippen LogP contribution in [0.5, 0.6) is 0 Å². The summed E-state index contributed by atoms with van der Waals surface area (Å²) in [5.41, 5.74) is 0. The molecule has 0 fully saturated rings. The van der Waals surface area contributed by atoms with Crippen LogP contribution in [0.1, 0.15) is 6.42 Å². The Hall–Kier alpha value is 0.270. The molecule has 0 saturated carbocycles. The molecule has 0 bridgehead atoms. The van der Waals surface area contributed by atoms with Gasteiger partial charge in [0.15, 0.2) is 0 Å². The Kier molecular flexibility index (Phi) is 6.51. The molecule has 0 radical (unpaired) electrons. The van der Waals surface area contributed by atoms with Gasteiger partial charge in [-0.2, -0.15) is 0 Å². The van der Waals surface area contributed by atoms with Gasteiger partial charge < -0.3 is 5.11 Å². The fraction of sp³-hybridized carbons (Fsp3) is 1.00. The van der Waals surface area contributed by atoms with Crippen molar-refractivity contribution >= 4 is 11.9 Å². The lowest BCUT2D eigenvalue weighted by Gasteiger charge is -1.92. The van der Waals surface area contributed by atoms with Gasteiger partial charge in [-0.25, -0.2) is 0 Å². The predicted molar refractivity (Wildman–Crippen MR) is 33.2 cm³/mol. The Bertz CT molecular complexity index is 30.9. The average Bonchev–Trinajstić information content (AvgIpc) is 1.69. The second kappa shape index (κ2) is 6.27. The number of hydrogen-bond acceptors (Lipinski definition) is 3. The summed E-state index contributed by atoms with van der Waals surface area (Å²) in [5.74, 6) is 0.993. The fourth-order valence-corrected chi connectivity index (χ4v) is 0.716. The maximum Gasteiger partial charge on any atom is 0.0439 e. The van der Waals surface area contributed by atoms with E-state index in [1.807, 2.05) is 7.05 Å². The summed E-state index contributed by atoms with van der Waals surface area (Å²) in [4.78, 5) is 0. The summed E-state index contributed by atoms with van der Waals surface area (Å²) in [6, 6.07) is 0. The van der Waals surface area contributed by atoms with Crippen molar-refractivity contribution in [1.82, 2.24) is 4.72 Å². The normalized spacial score (nSPS) is 9.43. The molecular formula is C4H11NOS.